The normalized spacial score (nSPS) is 23.8. The van der Waals surface area contributed by atoms with Crippen LogP contribution in [0, 0.1) is 0 Å². The van der Waals surface area contributed by atoms with Gasteiger partial charge < -0.3 is 15.4 Å². The van der Waals surface area contributed by atoms with Crippen molar-refractivity contribution in [2.45, 2.75) is 18.8 Å². The van der Waals surface area contributed by atoms with Gasteiger partial charge in [-0.3, -0.25) is 0 Å². The summed E-state index contributed by atoms with van der Waals surface area (Å²) in [5.41, 5.74) is 6.39. The van der Waals surface area contributed by atoms with Gasteiger partial charge in [-0.05, 0) is 5.56 Å². The highest BCUT2D eigenvalue weighted by Crippen LogP contribution is 2.13. The van der Waals surface area contributed by atoms with Gasteiger partial charge in [0.1, 0.15) is 12.8 Å². The van der Waals surface area contributed by atoms with Gasteiger partial charge >= 0.3 is 6.09 Å². The van der Waals surface area contributed by atoms with Crippen LogP contribution in [-0.2, 0) is 11.3 Å². The summed E-state index contributed by atoms with van der Waals surface area (Å²) in [5, 5.41) is 0. The molecule has 1 aromatic carbocycles. The Morgan fingerprint density at radius 2 is 2.12 bits per heavy atom. The summed E-state index contributed by atoms with van der Waals surface area (Å²) in [5.74, 6) is 0. The first-order chi connectivity index (χ1) is 8.16. The van der Waals surface area contributed by atoms with Crippen LogP contribution in [0.4, 0.5) is 9.18 Å². The highest BCUT2D eigenvalue weighted by atomic mass is 19.1. The SMILES string of the molecule is N[C@H]1CN(C(=O)OCc2ccccc2)CC1F. The quantitative estimate of drug-likeness (QED) is 0.845. The van der Waals surface area contributed by atoms with Crippen LogP contribution in [0.3, 0.4) is 0 Å². The number of hydrogen-bond acceptors (Lipinski definition) is 3. The Labute approximate surface area is 99.2 Å². The molecule has 92 valence electrons. The molecule has 1 heterocycles. The van der Waals surface area contributed by atoms with Gasteiger partial charge in [0.05, 0.1) is 12.6 Å². The Hall–Kier alpha value is -1.62. The lowest BCUT2D eigenvalue weighted by molar-refractivity contribution is 0.102. The molecule has 2 rings (SSSR count). The number of benzene rings is 1. The number of ether oxygens (including phenoxy) is 1. The first-order valence-corrected chi connectivity index (χ1v) is 5.52. The van der Waals surface area contributed by atoms with Crippen molar-refractivity contribution in [3.63, 3.8) is 0 Å². The van der Waals surface area contributed by atoms with Crippen LogP contribution in [0.15, 0.2) is 30.3 Å². The molecule has 4 nitrogen and oxygen atoms in total. The molecule has 1 amide bonds. The summed E-state index contributed by atoms with van der Waals surface area (Å²) in [6, 6.07) is 8.75. The van der Waals surface area contributed by atoms with Crippen LogP contribution in [0.25, 0.3) is 0 Å². The zero-order chi connectivity index (χ0) is 12.3. The van der Waals surface area contributed by atoms with Gasteiger partial charge in [-0.25, -0.2) is 9.18 Å². The van der Waals surface area contributed by atoms with Crippen LogP contribution in [0.2, 0.25) is 0 Å². The van der Waals surface area contributed by atoms with E-state index in [0.717, 1.165) is 5.56 Å². The molecule has 1 fully saturated rings. The van der Waals surface area contributed by atoms with Crippen LogP contribution in [0.1, 0.15) is 5.56 Å². The summed E-state index contributed by atoms with van der Waals surface area (Å²) < 4.78 is 18.2. The molecule has 17 heavy (non-hydrogen) atoms. The Bertz CT molecular complexity index is 375. The van der Waals surface area contributed by atoms with Gasteiger partial charge in [-0.1, -0.05) is 30.3 Å². The van der Waals surface area contributed by atoms with E-state index in [2.05, 4.69) is 0 Å². The maximum atomic E-state index is 13.1. The number of likely N-dealkylation sites (tertiary alicyclic amines) is 1. The number of nitrogens with two attached hydrogens (primary N) is 1. The van der Waals surface area contributed by atoms with E-state index in [1.165, 1.54) is 4.90 Å². The molecule has 0 saturated carbocycles. The maximum absolute atomic E-state index is 13.1. The number of hydrogen-bond donors (Lipinski definition) is 1. The number of carbonyl (C=O) groups is 1. The number of rotatable bonds is 2. The number of halogens is 1. The second kappa shape index (κ2) is 5.14. The second-order valence-corrected chi connectivity index (χ2v) is 4.13. The molecule has 2 N–H and O–H groups in total. The lowest BCUT2D eigenvalue weighted by Gasteiger charge is -2.15. The highest BCUT2D eigenvalue weighted by molar-refractivity contribution is 5.68. The standard InChI is InChI=1S/C12H15FN2O2/c13-10-6-15(7-11(10)14)12(16)17-8-9-4-2-1-3-5-9/h1-5,10-11H,6-8,14H2/t10?,11-/m0/s1. The third-order valence-electron chi connectivity index (χ3n) is 2.75. The Balaban J connectivity index is 1.82. The molecular formula is C12H15FN2O2. The first kappa shape index (κ1) is 11.9. The Morgan fingerprint density at radius 3 is 2.71 bits per heavy atom. The molecule has 0 radical (unpaired) electrons. The maximum Gasteiger partial charge on any atom is 0.410 e. The topological polar surface area (TPSA) is 55.6 Å². The molecule has 0 aliphatic carbocycles. The van der Waals surface area contributed by atoms with Crippen molar-refractivity contribution in [1.29, 1.82) is 0 Å². The summed E-state index contributed by atoms with van der Waals surface area (Å²) in [6.07, 6.45) is -1.66. The molecule has 1 aromatic rings. The summed E-state index contributed by atoms with van der Waals surface area (Å²) in [6.45, 7) is 0.436. The fraction of sp³-hybridized carbons (Fsp3) is 0.417. The third kappa shape index (κ3) is 2.94. The number of nitrogens with zero attached hydrogens (tertiary/aromatic N) is 1. The molecule has 1 aliphatic rings. The smallest absolute Gasteiger partial charge is 0.410 e. The van der Waals surface area contributed by atoms with E-state index in [4.69, 9.17) is 10.5 Å². The van der Waals surface area contributed by atoms with Crippen molar-refractivity contribution < 1.29 is 13.9 Å². The lowest BCUT2D eigenvalue weighted by atomic mass is 10.2. The minimum Gasteiger partial charge on any atom is -0.445 e. The average molecular weight is 238 g/mol. The van der Waals surface area contributed by atoms with Crippen molar-refractivity contribution in [3.8, 4) is 0 Å². The van der Waals surface area contributed by atoms with Crippen LogP contribution in [0.5, 0.6) is 0 Å². The monoisotopic (exact) mass is 238 g/mol. The third-order valence-corrected chi connectivity index (χ3v) is 2.75. The van der Waals surface area contributed by atoms with Crippen LogP contribution < -0.4 is 5.73 Å². The molecule has 0 bridgehead atoms. The van der Waals surface area contributed by atoms with Crippen molar-refractivity contribution in [1.82, 2.24) is 4.90 Å². The second-order valence-electron chi connectivity index (χ2n) is 4.13. The van der Waals surface area contributed by atoms with Gasteiger partial charge in [0.15, 0.2) is 0 Å². The molecule has 1 saturated heterocycles. The molecular weight excluding hydrogens is 223 g/mol. The molecule has 5 heteroatoms. The van der Waals surface area contributed by atoms with E-state index in [9.17, 15) is 9.18 Å². The van der Waals surface area contributed by atoms with E-state index in [1.54, 1.807) is 0 Å². The van der Waals surface area contributed by atoms with Crippen molar-refractivity contribution in [2.75, 3.05) is 13.1 Å². The summed E-state index contributed by atoms with van der Waals surface area (Å²) in [7, 11) is 0. The fourth-order valence-electron chi connectivity index (χ4n) is 1.75. The minimum atomic E-state index is -1.15. The molecule has 0 spiro atoms. The van der Waals surface area contributed by atoms with Crippen molar-refractivity contribution >= 4 is 6.09 Å². The summed E-state index contributed by atoms with van der Waals surface area (Å²) in [4.78, 5) is 12.9. The zero-order valence-corrected chi connectivity index (χ0v) is 9.38. The summed E-state index contributed by atoms with van der Waals surface area (Å²) >= 11 is 0. The van der Waals surface area contributed by atoms with Crippen LogP contribution in [-0.4, -0.2) is 36.3 Å². The van der Waals surface area contributed by atoms with Crippen LogP contribution >= 0.6 is 0 Å². The zero-order valence-electron chi connectivity index (χ0n) is 9.38. The highest BCUT2D eigenvalue weighted by Gasteiger charge is 2.33. The van der Waals surface area contributed by atoms with Gasteiger partial charge in [0, 0.05) is 6.54 Å². The number of amides is 1. The van der Waals surface area contributed by atoms with E-state index in [1.807, 2.05) is 30.3 Å². The predicted octanol–water partition coefficient (Wildman–Crippen LogP) is 1.30. The van der Waals surface area contributed by atoms with Gasteiger partial charge in [-0.2, -0.15) is 0 Å². The number of carbonyl (C=O) groups excluding carboxylic acids is 1. The predicted molar refractivity (Wildman–Crippen MR) is 61.1 cm³/mol. The van der Waals surface area contributed by atoms with Crippen molar-refractivity contribution in [2.24, 2.45) is 5.73 Å². The van der Waals surface area contributed by atoms with Gasteiger partial charge in [0.2, 0.25) is 0 Å². The molecule has 1 unspecified atom stereocenters. The van der Waals surface area contributed by atoms with E-state index in [0.29, 0.717) is 0 Å². The Kier molecular flexibility index (Phi) is 3.58. The fourth-order valence-corrected chi connectivity index (χ4v) is 1.75. The van der Waals surface area contributed by atoms with E-state index >= 15 is 0 Å². The minimum absolute atomic E-state index is 0.0226. The molecule has 1 aliphatic heterocycles. The van der Waals surface area contributed by atoms with Gasteiger partial charge in [0.25, 0.3) is 0 Å². The molecule has 2 atom stereocenters. The average Bonchev–Trinajstić information content (AvgIpc) is 2.68. The first-order valence-electron chi connectivity index (χ1n) is 5.52. The number of alkyl halides is 1. The lowest BCUT2D eigenvalue weighted by Crippen LogP contribution is -2.32. The van der Waals surface area contributed by atoms with E-state index < -0.39 is 18.3 Å². The largest absolute Gasteiger partial charge is 0.445 e. The Morgan fingerprint density at radius 1 is 1.41 bits per heavy atom. The van der Waals surface area contributed by atoms with Gasteiger partial charge in [-0.15, -0.1) is 0 Å². The molecule has 0 aromatic heterocycles. The van der Waals surface area contributed by atoms with E-state index in [-0.39, 0.29) is 19.7 Å². The van der Waals surface area contributed by atoms with Crippen molar-refractivity contribution in [3.05, 3.63) is 35.9 Å².